The maximum absolute atomic E-state index is 13.1. The monoisotopic (exact) mass is 403 g/mol. The van der Waals surface area contributed by atoms with E-state index in [1.807, 2.05) is 37.3 Å². The third kappa shape index (κ3) is 5.45. The second-order valence-electron chi connectivity index (χ2n) is 6.38. The number of hydrogen-bond donors (Lipinski definition) is 1. The molecule has 2 aromatic carbocycles. The molecule has 1 heterocycles. The fraction of sp³-hybridized carbons (Fsp3) is 0.238. The van der Waals surface area contributed by atoms with Gasteiger partial charge in [0.15, 0.2) is 5.76 Å². The van der Waals surface area contributed by atoms with Gasteiger partial charge in [-0.05, 0) is 18.7 Å². The van der Waals surface area contributed by atoms with E-state index < -0.39 is 17.6 Å². The first kappa shape index (κ1) is 20.6. The molecule has 0 saturated heterocycles. The van der Waals surface area contributed by atoms with Crippen molar-refractivity contribution in [1.29, 1.82) is 0 Å². The van der Waals surface area contributed by atoms with E-state index in [4.69, 9.17) is 4.42 Å². The van der Waals surface area contributed by atoms with Crippen LogP contribution in [0.3, 0.4) is 0 Å². The molecule has 0 bridgehead atoms. The van der Waals surface area contributed by atoms with E-state index in [1.165, 1.54) is 18.2 Å². The second kappa shape index (κ2) is 8.91. The lowest BCUT2D eigenvalue weighted by molar-refractivity contribution is -0.137. The zero-order valence-corrected chi connectivity index (χ0v) is 15.7. The van der Waals surface area contributed by atoms with Gasteiger partial charge in [0, 0.05) is 5.56 Å². The number of carbonyl (C=O) groups excluding carboxylic acids is 1. The maximum atomic E-state index is 13.1. The van der Waals surface area contributed by atoms with Gasteiger partial charge in [0.05, 0.1) is 30.5 Å². The minimum absolute atomic E-state index is 0.0915. The predicted molar refractivity (Wildman–Crippen MR) is 103 cm³/mol. The third-order valence-corrected chi connectivity index (χ3v) is 4.29. The molecule has 0 spiro atoms. The Balaban J connectivity index is 1.64. The zero-order chi connectivity index (χ0) is 20.9. The molecule has 0 unspecified atom stereocenters. The van der Waals surface area contributed by atoms with Crippen LogP contribution in [-0.2, 0) is 17.5 Å². The van der Waals surface area contributed by atoms with Gasteiger partial charge in [-0.2, -0.15) is 13.2 Å². The van der Waals surface area contributed by atoms with Gasteiger partial charge in [-0.3, -0.25) is 9.69 Å². The SMILES string of the molecule is CCN(CC(=O)Nc1ccccc1C(F)(F)F)Cc1ncc(-c2ccccc2)o1. The Morgan fingerprint density at radius 1 is 1.10 bits per heavy atom. The van der Waals surface area contributed by atoms with Crippen LogP contribution in [-0.4, -0.2) is 28.9 Å². The van der Waals surface area contributed by atoms with E-state index in [9.17, 15) is 18.0 Å². The molecule has 0 aliphatic rings. The van der Waals surface area contributed by atoms with Crippen LogP contribution in [0, 0.1) is 0 Å². The Hall–Kier alpha value is -3.13. The van der Waals surface area contributed by atoms with Crippen molar-refractivity contribution in [3.8, 4) is 11.3 Å². The number of likely N-dealkylation sites (N-methyl/N-ethyl adjacent to an activating group) is 1. The van der Waals surface area contributed by atoms with Crippen molar-refractivity contribution in [2.45, 2.75) is 19.6 Å². The fourth-order valence-electron chi connectivity index (χ4n) is 2.82. The molecule has 0 saturated carbocycles. The number of amides is 1. The summed E-state index contributed by atoms with van der Waals surface area (Å²) in [6, 6.07) is 14.4. The molecule has 3 rings (SSSR count). The summed E-state index contributed by atoms with van der Waals surface area (Å²) in [6.07, 6.45) is -2.93. The van der Waals surface area contributed by atoms with Crippen LogP contribution < -0.4 is 5.32 Å². The van der Waals surface area contributed by atoms with E-state index in [0.717, 1.165) is 11.6 Å². The first-order valence-corrected chi connectivity index (χ1v) is 9.05. The molecular weight excluding hydrogens is 383 g/mol. The van der Waals surface area contributed by atoms with Crippen molar-refractivity contribution < 1.29 is 22.4 Å². The number of halogens is 3. The quantitative estimate of drug-likeness (QED) is 0.614. The van der Waals surface area contributed by atoms with Gasteiger partial charge in [0.1, 0.15) is 0 Å². The van der Waals surface area contributed by atoms with E-state index >= 15 is 0 Å². The minimum atomic E-state index is -4.54. The Morgan fingerprint density at radius 2 is 1.79 bits per heavy atom. The van der Waals surface area contributed by atoms with Crippen LogP contribution in [0.4, 0.5) is 18.9 Å². The topological polar surface area (TPSA) is 58.4 Å². The highest BCUT2D eigenvalue weighted by atomic mass is 19.4. The summed E-state index contributed by atoms with van der Waals surface area (Å²) in [5.41, 5.74) is -0.254. The number of rotatable bonds is 7. The van der Waals surface area contributed by atoms with Gasteiger partial charge >= 0.3 is 6.18 Å². The summed E-state index contributed by atoms with van der Waals surface area (Å²) < 4.78 is 45.0. The summed E-state index contributed by atoms with van der Waals surface area (Å²) in [5.74, 6) is 0.493. The highest BCUT2D eigenvalue weighted by Gasteiger charge is 2.33. The molecule has 0 radical (unpaired) electrons. The molecule has 152 valence electrons. The van der Waals surface area contributed by atoms with Crippen molar-refractivity contribution in [1.82, 2.24) is 9.88 Å². The van der Waals surface area contributed by atoms with E-state index in [0.29, 0.717) is 18.2 Å². The van der Waals surface area contributed by atoms with Gasteiger partial charge in [-0.1, -0.05) is 49.4 Å². The van der Waals surface area contributed by atoms with Gasteiger partial charge in [0.2, 0.25) is 11.8 Å². The minimum Gasteiger partial charge on any atom is -0.439 e. The fourth-order valence-corrected chi connectivity index (χ4v) is 2.82. The van der Waals surface area contributed by atoms with Crippen molar-refractivity contribution >= 4 is 11.6 Å². The van der Waals surface area contributed by atoms with Crippen molar-refractivity contribution in [3.63, 3.8) is 0 Å². The lowest BCUT2D eigenvalue weighted by Gasteiger charge is -2.19. The van der Waals surface area contributed by atoms with Crippen LogP contribution >= 0.6 is 0 Å². The van der Waals surface area contributed by atoms with Crippen molar-refractivity contribution in [2.75, 3.05) is 18.4 Å². The summed E-state index contributed by atoms with van der Waals surface area (Å²) in [5, 5.41) is 2.35. The normalized spacial score (nSPS) is 11.6. The van der Waals surface area contributed by atoms with Crippen LogP contribution in [0.5, 0.6) is 0 Å². The molecule has 0 atom stereocenters. The predicted octanol–water partition coefficient (Wildman–Crippen LogP) is 4.82. The summed E-state index contributed by atoms with van der Waals surface area (Å²) >= 11 is 0. The number of carbonyl (C=O) groups is 1. The van der Waals surface area contributed by atoms with Gasteiger partial charge in [-0.15, -0.1) is 0 Å². The van der Waals surface area contributed by atoms with Gasteiger partial charge < -0.3 is 9.73 Å². The first-order valence-electron chi connectivity index (χ1n) is 9.05. The van der Waals surface area contributed by atoms with Crippen molar-refractivity contribution in [3.05, 3.63) is 72.2 Å². The van der Waals surface area contributed by atoms with Crippen LogP contribution in [0.25, 0.3) is 11.3 Å². The molecule has 3 aromatic rings. The van der Waals surface area contributed by atoms with E-state index in [-0.39, 0.29) is 18.8 Å². The maximum Gasteiger partial charge on any atom is 0.418 e. The van der Waals surface area contributed by atoms with Crippen LogP contribution in [0.15, 0.2) is 65.2 Å². The first-order chi connectivity index (χ1) is 13.9. The summed E-state index contributed by atoms with van der Waals surface area (Å²) in [7, 11) is 0. The lowest BCUT2D eigenvalue weighted by Crippen LogP contribution is -2.33. The van der Waals surface area contributed by atoms with Crippen LogP contribution in [0.2, 0.25) is 0 Å². The molecule has 1 N–H and O–H groups in total. The molecular formula is C21H20F3N3O2. The molecule has 1 aromatic heterocycles. The van der Waals surface area contributed by atoms with E-state index in [2.05, 4.69) is 10.3 Å². The average molecular weight is 403 g/mol. The standard InChI is InChI=1S/C21H20F3N3O2/c1-2-27(14-20-25-12-18(29-20)15-8-4-3-5-9-15)13-19(28)26-17-11-7-6-10-16(17)21(22,23)24/h3-12H,2,13-14H2,1H3,(H,26,28). The molecule has 29 heavy (non-hydrogen) atoms. The van der Waals surface area contributed by atoms with E-state index in [1.54, 1.807) is 11.1 Å². The van der Waals surface area contributed by atoms with Gasteiger partial charge in [-0.25, -0.2) is 4.98 Å². The number of aromatic nitrogens is 1. The number of benzene rings is 2. The second-order valence-corrected chi connectivity index (χ2v) is 6.38. The highest BCUT2D eigenvalue weighted by Crippen LogP contribution is 2.34. The molecule has 5 nitrogen and oxygen atoms in total. The molecule has 1 amide bonds. The summed E-state index contributed by atoms with van der Waals surface area (Å²) in [4.78, 5) is 18.3. The van der Waals surface area contributed by atoms with Crippen LogP contribution in [0.1, 0.15) is 18.4 Å². The Kier molecular flexibility index (Phi) is 6.33. The summed E-state index contributed by atoms with van der Waals surface area (Å²) in [6.45, 7) is 2.51. The number of para-hydroxylation sites is 1. The molecule has 0 aliphatic carbocycles. The number of alkyl halides is 3. The number of oxazole rings is 1. The third-order valence-electron chi connectivity index (χ3n) is 4.29. The lowest BCUT2D eigenvalue weighted by atomic mass is 10.1. The largest absolute Gasteiger partial charge is 0.439 e. The molecule has 8 heteroatoms. The number of nitrogens with one attached hydrogen (secondary N) is 1. The van der Waals surface area contributed by atoms with Crippen molar-refractivity contribution in [2.24, 2.45) is 0 Å². The Labute approximate surface area is 166 Å². The zero-order valence-electron chi connectivity index (χ0n) is 15.7. The molecule has 0 aliphatic heterocycles. The number of hydrogen-bond acceptors (Lipinski definition) is 4. The average Bonchev–Trinajstić information content (AvgIpc) is 3.16. The Bertz CT molecular complexity index is 955. The number of nitrogens with zero attached hydrogens (tertiary/aromatic N) is 2. The highest BCUT2D eigenvalue weighted by molar-refractivity contribution is 5.93. The smallest absolute Gasteiger partial charge is 0.418 e. The van der Waals surface area contributed by atoms with Gasteiger partial charge in [0.25, 0.3) is 0 Å². The number of anilines is 1. The molecule has 0 fully saturated rings. The Morgan fingerprint density at radius 3 is 2.48 bits per heavy atom.